The summed E-state index contributed by atoms with van der Waals surface area (Å²) in [6.45, 7) is 10.9. The van der Waals surface area contributed by atoms with E-state index in [4.69, 9.17) is 16.0 Å². The van der Waals surface area contributed by atoms with Crippen LogP contribution in [0.2, 0.25) is 18.1 Å². The van der Waals surface area contributed by atoms with E-state index in [1.165, 1.54) is 12.0 Å². The summed E-state index contributed by atoms with van der Waals surface area (Å²) in [6.07, 6.45) is 5.24. The number of aryl methyl sites for hydroxylation is 1. The fourth-order valence-electron chi connectivity index (χ4n) is 1.77. The van der Waals surface area contributed by atoms with Crippen molar-refractivity contribution in [1.29, 1.82) is 0 Å². The summed E-state index contributed by atoms with van der Waals surface area (Å²) >= 11 is 6.45. The van der Waals surface area contributed by atoms with Gasteiger partial charge in [-0.2, -0.15) is 0 Å². The third-order valence-corrected chi connectivity index (χ3v) is 4.00. The summed E-state index contributed by atoms with van der Waals surface area (Å²) in [7, 11) is -0.682. The van der Waals surface area contributed by atoms with Gasteiger partial charge in [-0.1, -0.05) is 43.7 Å². The molecule has 99 valence electrons. The minimum Gasteiger partial charge on any atom is -0.413 e. The fourth-order valence-corrected chi connectivity index (χ4v) is 2.47. The molecule has 0 saturated carbocycles. The largest absolute Gasteiger partial charge is 0.413 e. The summed E-state index contributed by atoms with van der Waals surface area (Å²) in [5.41, 5.74) is 3.44. The minimum absolute atomic E-state index is 0.612. The standard InChI is InChI=1S/C15H22ClOSi/c1-5-7-8-13-9-12(6-2)10-14(15(13)16)11-17-18(3)4/h6,9-10H,2,5,7-8,11H2,1,3-4H3. The maximum Gasteiger partial charge on any atom is 0.205 e. The lowest BCUT2D eigenvalue weighted by molar-refractivity contribution is 0.314. The number of rotatable bonds is 7. The molecule has 0 spiro atoms. The van der Waals surface area contributed by atoms with Gasteiger partial charge in [0.15, 0.2) is 0 Å². The molecule has 1 aromatic rings. The molecule has 0 heterocycles. The minimum atomic E-state index is -0.682. The number of hydrogen-bond donors (Lipinski definition) is 0. The van der Waals surface area contributed by atoms with Gasteiger partial charge in [-0.25, -0.2) is 0 Å². The van der Waals surface area contributed by atoms with Crippen molar-refractivity contribution in [1.82, 2.24) is 0 Å². The van der Waals surface area contributed by atoms with E-state index in [1.807, 2.05) is 6.08 Å². The molecule has 1 nitrogen and oxygen atoms in total. The van der Waals surface area contributed by atoms with Crippen molar-refractivity contribution in [2.75, 3.05) is 0 Å². The van der Waals surface area contributed by atoms with E-state index < -0.39 is 9.04 Å². The predicted octanol–water partition coefficient (Wildman–Crippen LogP) is 5.09. The van der Waals surface area contributed by atoms with Gasteiger partial charge in [-0.05, 0) is 48.7 Å². The number of unbranched alkanes of at least 4 members (excludes halogenated alkanes) is 1. The van der Waals surface area contributed by atoms with Gasteiger partial charge in [0.05, 0.1) is 6.61 Å². The highest BCUT2D eigenvalue weighted by atomic mass is 35.5. The Bertz CT molecular complexity index is 402. The van der Waals surface area contributed by atoms with Crippen LogP contribution in [-0.2, 0) is 17.5 Å². The van der Waals surface area contributed by atoms with Crippen molar-refractivity contribution in [3.8, 4) is 0 Å². The SMILES string of the molecule is C=Cc1cc(CCCC)c(Cl)c(CO[Si](C)C)c1. The molecule has 3 heteroatoms. The second-order valence-corrected chi connectivity index (χ2v) is 7.14. The van der Waals surface area contributed by atoms with Crippen LogP contribution in [-0.4, -0.2) is 9.04 Å². The molecule has 0 amide bonds. The summed E-state index contributed by atoms with van der Waals surface area (Å²) < 4.78 is 5.75. The molecule has 0 aliphatic heterocycles. The molecular formula is C15H22ClOSi. The normalized spacial score (nSPS) is 10.9. The molecule has 1 aromatic carbocycles. The predicted molar refractivity (Wildman–Crippen MR) is 82.4 cm³/mol. The maximum absolute atomic E-state index is 6.45. The molecule has 0 aromatic heterocycles. The Balaban J connectivity index is 2.96. The van der Waals surface area contributed by atoms with Gasteiger partial charge in [0.25, 0.3) is 0 Å². The molecule has 0 aliphatic rings. The molecule has 18 heavy (non-hydrogen) atoms. The van der Waals surface area contributed by atoms with Gasteiger partial charge in [0.1, 0.15) is 0 Å². The van der Waals surface area contributed by atoms with Crippen LogP contribution in [0.5, 0.6) is 0 Å². The molecule has 0 N–H and O–H groups in total. The Kier molecular flexibility index (Phi) is 6.69. The summed E-state index contributed by atoms with van der Waals surface area (Å²) in [5, 5.41) is 0.873. The smallest absolute Gasteiger partial charge is 0.205 e. The zero-order valence-electron chi connectivity index (χ0n) is 11.6. The fraction of sp³-hybridized carbons (Fsp3) is 0.467. The van der Waals surface area contributed by atoms with Crippen molar-refractivity contribution >= 4 is 26.7 Å². The van der Waals surface area contributed by atoms with E-state index in [0.29, 0.717) is 6.61 Å². The lowest BCUT2D eigenvalue weighted by Gasteiger charge is -2.13. The second kappa shape index (κ2) is 7.77. The van der Waals surface area contributed by atoms with Crippen LogP contribution >= 0.6 is 11.6 Å². The van der Waals surface area contributed by atoms with Crippen molar-refractivity contribution in [2.45, 2.75) is 45.9 Å². The molecule has 1 radical (unpaired) electrons. The first-order valence-electron chi connectivity index (χ1n) is 6.45. The van der Waals surface area contributed by atoms with Crippen LogP contribution in [0.3, 0.4) is 0 Å². The third-order valence-electron chi connectivity index (χ3n) is 2.80. The first-order valence-corrected chi connectivity index (χ1v) is 9.23. The van der Waals surface area contributed by atoms with Crippen LogP contribution in [0.25, 0.3) is 6.08 Å². The highest BCUT2D eigenvalue weighted by Gasteiger charge is 2.09. The molecule has 0 saturated heterocycles. The topological polar surface area (TPSA) is 9.23 Å². The van der Waals surface area contributed by atoms with E-state index >= 15 is 0 Å². The molecule has 0 unspecified atom stereocenters. The van der Waals surface area contributed by atoms with E-state index in [9.17, 15) is 0 Å². The van der Waals surface area contributed by atoms with Gasteiger partial charge < -0.3 is 4.43 Å². The van der Waals surface area contributed by atoms with Gasteiger partial charge in [-0.15, -0.1) is 0 Å². The van der Waals surface area contributed by atoms with Gasteiger partial charge in [0, 0.05) is 5.02 Å². The van der Waals surface area contributed by atoms with Gasteiger partial charge >= 0.3 is 0 Å². The Morgan fingerprint density at radius 2 is 2.00 bits per heavy atom. The molecule has 1 rings (SSSR count). The molecule has 0 aliphatic carbocycles. The molecule has 0 bridgehead atoms. The zero-order valence-corrected chi connectivity index (χ0v) is 13.3. The Hall–Kier alpha value is -0.573. The monoisotopic (exact) mass is 281 g/mol. The Labute approximate surface area is 118 Å². The Morgan fingerprint density at radius 1 is 1.33 bits per heavy atom. The number of halogens is 1. The quantitative estimate of drug-likeness (QED) is 0.632. The second-order valence-electron chi connectivity index (χ2n) is 4.66. The van der Waals surface area contributed by atoms with Crippen molar-refractivity contribution < 1.29 is 4.43 Å². The zero-order chi connectivity index (χ0) is 13.5. The van der Waals surface area contributed by atoms with Gasteiger partial charge in [-0.3, -0.25) is 0 Å². The molecule has 0 fully saturated rings. The van der Waals surface area contributed by atoms with Crippen LogP contribution in [0, 0.1) is 0 Å². The summed E-state index contributed by atoms with van der Waals surface area (Å²) in [4.78, 5) is 0. The third kappa shape index (κ3) is 4.60. The average molecular weight is 282 g/mol. The van der Waals surface area contributed by atoms with E-state index in [1.54, 1.807) is 0 Å². The lowest BCUT2D eigenvalue weighted by atomic mass is 10.0. The lowest BCUT2D eigenvalue weighted by Crippen LogP contribution is -2.08. The van der Waals surface area contributed by atoms with Crippen LogP contribution in [0.4, 0.5) is 0 Å². The first-order chi connectivity index (χ1) is 8.58. The van der Waals surface area contributed by atoms with Gasteiger partial charge in [0.2, 0.25) is 9.04 Å². The van der Waals surface area contributed by atoms with E-state index in [-0.39, 0.29) is 0 Å². The van der Waals surface area contributed by atoms with Crippen LogP contribution in [0.15, 0.2) is 18.7 Å². The Morgan fingerprint density at radius 3 is 2.56 bits per heavy atom. The van der Waals surface area contributed by atoms with Crippen LogP contribution < -0.4 is 0 Å². The number of hydrogen-bond acceptors (Lipinski definition) is 1. The van der Waals surface area contributed by atoms with Crippen molar-refractivity contribution in [2.24, 2.45) is 0 Å². The van der Waals surface area contributed by atoms with E-state index in [0.717, 1.165) is 29.0 Å². The average Bonchev–Trinajstić information content (AvgIpc) is 2.35. The van der Waals surface area contributed by atoms with Crippen molar-refractivity contribution in [3.05, 3.63) is 40.4 Å². The van der Waals surface area contributed by atoms with Crippen molar-refractivity contribution in [3.63, 3.8) is 0 Å². The maximum atomic E-state index is 6.45. The highest BCUT2D eigenvalue weighted by molar-refractivity contribution is 6.48. The first kappa shape index (κ1) is 15.5. The van der Waals surface area contributed by atoms with Crippen LogP contribution in [0.1, 0.15) is 36.5 Å². The number of benzene rings is 1. The van der Waals surface area contributed by atoms with E-state index in [2.05, 4.69) is 38.7 Å². The summed E-state index contributed by atoms with van der Waals surface area (Å²) in [6, 6.07) is 4.22. The summed E-state index contributed by atoms with van der Waals surface area (Å²) in [5.74, 6) is 0. The molecular weight excluding hydrogens is 260 g/mol. The molecule has 0 atom stereocenters. The highest BCUT2D eigenvalue weighted by Crippen LogP contribution is 2.26.